The highest BCUT2D eigenvalue weighted by molar-refractivity contribution is 7.85. The maximum Gasteiger partial charge on any atom is 0.338 e. The van der Waals surface area contributed by atoms with Gasteiger partial charge < -0.3 is 34.6 Å². The Morgan fingerprint density at radius 1 is 0.716 bits per heavy atom. The molecule has 4 fully saturated rings. The molecule has 14 heteroatoms. The van der Waals surface area contributed by atoms with Crippen molar-refractivity contribution in [1.82, 2.24) is 0 Å². The van der Waals surface area contributed by atoms with Gasteiger partial charge in [0, 0.05) is 38.5 Å². The number of aliphatic hydroxyl groups excluding tert-OH is 4. The van der Waals surface area contributed by atoms with Crippen molar-refractivity contribution >= 4 is 27.7 Å². The SMILES string of the molecule is CCCC/C=C\C[C@@H]1[C@@H](CCC2(CCc3ccccc3)OCCO2)[C@H](O)C[C@@H]1O.Cc1ccc(S(=O)(=O)O)cc1.O=C(CCc1ccccc1)CC[C@H]1[C@H](OC(=O)c2ccccc2)CC2CC(=O)C[C@@H]21.OCCO. The van der Waals surface area contributed by atoms with Crippen LogP contribution in [0, 0.1) is 36.5 Å². The summed E-state index contributed by atoms with van der Waals surface area (Å²) < 4.78 is 47.6. The highest BCUT2D eigenvalue weighted by Crippen LogP contribution is 2.49. The molecule has 4 aliphatic rings. The van der Waals surface area contributed by atoms with Crippen LogP contribution in [-0.2, 0) is 46.8 Å². The van der Waals surface area contributed by atoms with Crippen LogP contribution >= 0.6 is 0 Å². The molecule has 3 saturated carbocycles. The minimum Gasteiger partial charge on any atom is -0.458 e. The van der Waals surface area contributed by atoms with Gasteiger partial charge in [0.15, 0.2) is 5.79 Å². The highest BCUT2D eigenvalue weighted by Gasteiger charge is 2.49. The van der Waals surface area contributed by atoms with Crippen LogP contribution in [0.3, 0.4) is 0 Å². The van der Waals surface area contributed by atoms with E-state index in [1.54, 1.807) is 24.3 Å². The lowest BCUT2D eigenvalue weighted by Gasteiger charge is -2.31. The van der Waals surface area contributed by atoms with E-state index in [9.17, 15) is 33.0 Å². The monoisotopic (exact) mass is 1040 g/mol. The number of benzene rings is 4. The van der Waals surface area contributed by atoms with E-state index in [0.29, 0.717) is 63.1 Å². The Morgan fingerprint density at radius 2 is 1.31 bits per heavy atom. The topological polar surface area (TPSA) is 214 Å². The Morgan fingerprint density at radius 3 is 1.91 bits per heavy atom. The molecule has 13 nitrogen and oxygen atoms in total. The Bertz CT molecular complexity index is 2390. The van der Waals surface area contributed by atoms with E-state index in [-0.39, 0.29) is 65.6 Å². The van der Waals surface area contributed by atoms with Crippen molar-refractivity contribution in [2.24, 2.45) is 29.6 Å². The van der Waals surface area contributed by atoms with Gasteiger partial charge in [-0.25, -0.2) is 4.79 Å². The quantitative estimate of drug-likeness (QED) is 0.0228. The lowest BCUT2D eigenvalue weighted by Crippen LogP contribution is -2.33. The molecule has 0 spiro atoms. The smallest absolute Gasteiger partial charge is 0.338 e. The fourth-order valence-corrected chi connectivity index (χ4v) is 11.2. The fourth-order valence-electron chi connectivity index (χ4n) is 10.7. The number of hydrogen-bond acceptors (Lipinski definition) is 12. The predicted molar refractivity (Wildman–Crippen MR) is 285 cm³/mol. The maximum atomic E-state index is 12.6. The molecule has 0 radical (unpaired) electrons. The molecule has 8 rings (SSSR count). The van der Waals surface area contributed by atoms with Crippen molar-refractivity contribution in [3.05, 3.63) is 150 Å². The molecule has 0 amide bonds. The zero-order valence-corrected chi connectivity index (χ0v) is 44.1. The molecular weight excluding hydrogens is 961 g/mol. The third-order valence-corrected chi connectivity index (χ3v) is 15.6. The number of ketones is 2. The van der Waals surface area contributed by atoms with Crippen molar-refractivity contribution in [2.75, 3.05) is 26.4 Å². The molecule has 0 aromatic heterocycles. The van der Waals surface area contributed by atoms with Crippen LogP contribution in [0.1, 0.15) is 124 Å². The van der Waals surface area contributed by atoms with Gasteiger partial charge in [0.1, 0.15) is 17.7 Å². The lowest BCUT2D eigenvalue weighted by molar-refractivity contribution is -0.170. The first kappa shape index (κ1) is 60.0. The van der Waals surface area contributed by atoms with E-state index in [4.69, 9.17) is 29.0 Å². The van der Waals surface area contributed by atoms with Gasteiger partial charge in [0.2, 0.25) is 0 Å². The summed E-state index contributed by atoms with van der Waals surface area (Å²) in [5.41, 5.74) is 3.96. The molecule has 0 bridgehead atoms. The van der Waals surface area contributed by atoms with Gasteiger partial charge in [0.25, 0.3) is 10.1 Å². The van der Waals surface area contributed by atoms with Crippen LogP contribution in [0.25, 0.3) is 0 Å². The highest BCUT2D eigenvalue weighted by atomic mass is 32.2. The first-order valence-electron chi connectivity index (χ1n) is 26.6. The van der Waals surface area contributed by atoms with Gasteiger partial charge in [-0.05, 0) is 123 Å². The van der Waals surface area contributed by atoms with Gasteiger partial charge in [-0.3, -0.25) is 14.1 Å². The molecule has 1 saturated heterocycles. The molecule has 74 heavy (non-hydrogen) atoms. The van der Waals surface area contributed by atoms with E-state index >= 15 is 0 Å². The number of carbonyl (C=O) groups excluding carboxylic acids is 3. The Balaban J connectivity index is 0.000000215. The average molecular weight is 1040 g/mol. The summed E-state index contributed by atoms with van der Waals surface area (Å²) in [6, 6.07) is 35.5. The van der Waals surface area contributed by atoms with E-state index < -0.39 is 28.1 Å². The summed E-state index contributed by atoms with van der Waals surface area (Å²) in [5.74, 6) is 0.520. The second-order valence-electron chi connectivity index (χ2n) is 20.1. The van der Waals surface area contributed by atoms with Gasteiger partial charge >= 0.3 is 5.97 Å². The molecule has 3 aliphatic carbocycles. The number of unbranched alkanes of at least 4 members (excludes halogenated alkanes) is 2. The number of ether oxygens (including phenoxy) is 3. The molecule has 4 aromatic rings. The number of hydrogen-bond donors (Lipinski definition) is 5. The van der Waals surface area contributed by atoms with Crippen LogP contribution < -0.4 is 0 Å². The number of rotatable bonds is 21. The van der Waals surface area contributed by atoms with Gasteiger partial charge in [-0.2, -0.15) is 8.42 Å². The standard InChI is InChI=1S/C26H28O4.C25H38O4.C7H8O3S.C2H6O2/c27-21(12-11-18-7-3-1-4-8-18)13-14-23-24-17-22(28)15-20(24)16-25(23)30-26(29)19-9-5-2-6-10-19;1-2-3-4-5-9-12-21-22(24(27)19-23(21)26)14-16-25(28-17-18-29-25)15-13-20-10-7-6-8-11-20;1-6-2-4-7(5-3-6)11(8,9)10;3-1-2-4/h1-10,20,23-25H,11-17H2;5-11,21-24,26-27H,2-4,12-19H2,1H3;2-5H,1H3,(H,8,9,10);3-4H,1-2H2/b;9-5-;;/t20?,23-,24+,25-;21-,22-,23+,24-;;/m11../s1. The van der Waals surface area contributed by atoms with Crippen molar-refractivity contribution < 1.29 is 62.0 Å². The number of fused-ring (bicyclic) bond motifs is 1. The number of allylic oxidation sites excluding steroid dienone is 2. The van der Waals surface area contributed by atoms with E-state index in [0.717, 1.165) is 56.9 Å². The largest absolute Gasteiger partial charge is 0.458 e. The summed E-state index contributed by atoms with van der Waals surface area (Å²) in [6.45, 7) is 5.05. The molecule has 4 aromatic carbocycles. The van der Waals surface area contributed by atoms with Gasteiger partial charge in [-0.15, -0.1) is 0 Å². The Hall–Kier alpha value is -4.90. The normalized spacial score (nSPS) is 23.7. The van der Waals surface area contributed by atoms with Crippen molar-refractivity contribution in [3.8, 4) is 0 Å². The fraction of sp³-hybridized carbons (Fsp3) is 0.517. The van der Waals surface area contributed by atoms with Crippen LogP contribution in [0.4, 0.5) is 0 Å². The minimum absolute atomic E-state index is 0.0666. The van der Waals surface area contributed by atoms with E-state index in [1.165, 1.54) is 36.1 Å². The number of aliphatic hydroxyl groups is 4. The summed E-state index contributed by atoms with van der Waals surface area (Å²) in [4.78, 5) is 37.0. The van der Waals surface area contributed by atoms with Crippen LogP contribution in [0.15, 0.2) is 132 Å². The summed E-state index contributed by atoms with van der Waals surface area (Å²) >= 11 is 0. The second kappa shape index (κ2) is 31.2. The maximum absolute atomic E-state index is 12.6. The van der Waals surface area contributed by atoms with Crippen LogP contribution in [0.5, 0.6) is 0 Å². The summed E-state index contributed by atoms with van der Waals surface area (Å²) in [6.07, 6.45) is 15.8. The number of Topliss-reactive ketones (excluding diaryl/α,β-unsaturated/α-hetero) is 2. The molecule has 5 N–H and O–H groups in total. The Kier molecular flexibility index (Phi) is 25.3. The first-order valence-corrected chi connectivity index (χ1v) is 28.0. The van der Waals surface area contributed by atoms with E-state index in [2.05, 4.69) is 43.3 Å². The first-order chi connectivity index (χ1) is 35.6. The zero-order chi connectivity index (χ0) is 53.4. The molecule has 404 valence electrons. The second-order valence-corrected chi connectivity index (χ2v) is 21.5. The zero-order valence-electron chi connectivity index (χ0n) is 43.3. The van der Waals surface area contributed by atoms with E-state index in [1.807, 2.05) is 61.5 Å². The molecule has 1 aliphatic heterocycles. The molecule has 8 atom stereocenters. The minimum atomic E-state index is -4.02. The molecule has 1 heterocycles. The molecular formula is C60H80O13S. The third-order valence-electron chi connectivity index (χ3n) is 14.7. The summed E-state index contributed by atoms with van der Waals surface area (Å²) in [7, 11) is -4.02. The van der Waals surface area contributed by atoms with Crippen molar-refractivity contribution in [3.63, 3.8) is 0 Å². The van der Waals surface area contributed by atoms with Crippen LogP contribution in [0.2, 0.25) is 0 Å². The van der Waals surface area contributed by atoms with Gasteiger partial charge in [-0.1, -0.05) is 128 Å². The van der Waals surface area contributed by atoms with Crippen molar-refractivity contribution in [2.45, 2.75) is 146 Å². The molecule has 1 unspecified atom stereocenters. The summed E-state index contributed by atoms with van der Waals surface area (Å²) in [5, 5.41) is 36.3. The number of aryl methyl sites for hydroxylation is 3. The van der Waals surface area contributed by atoms with Crippen molar-refractivity contribution in [1.29, 1.82) is 0 Å². The average Bonchev–Trinajstić information content (AvgIpc) is 4.17. The lowest BCUT2D eigenvalue weighted by atomic mass is 9.85. The number of esters is 1. The van der Waals surface area contributed by atoms with Gasteiger partial charge in [0.05, 0.1) is 49.1 Å². The predicted octanol–water partition coefficient (Wildman–Crippen LogP) is 9.66. The van der Waals surface area contributed by atoms with Crippen LogP contribution in [-0.4, -0.2) is 101 Å². The number of carbonyl (C=O) groups is 3. The third kappa shape index (κ3) is 19.7. The Labute approximate surface area is 439 Å².